The second-order valence-corrected chi connectivity index (χ2v) is 6.03. The predicted octanol–water partition coefficient (Wildman–Crippen LogP) is 2.63. The molecule has 0 spiro atoms. The fraction of sp³-hybridized carbons (Fsp3) is 0.368. The summed E-state index contributed by atoms with van der Waals surface area (Å²) in [5.74, 6) is 0. The molecule has 0 bridgehead atoms. The van der Waals surface area contributed by atoms with Crippen molar-refractivity contribution in [3.05, 3.63) is 65.7 Å². The fourth-order valence-corrected chi connectivity index (χ4v) is 2.65. The van der Waals surface area contributed by atoms with E-state index in [1.165, 1.54) is 0 Å². The van der Waals surface area contributed by atoms with Crippen LogP contribution in [0.5, 0.6) is 0 Å². The minimum Gasteiger partial charge on any atom is -0.387 e. The van der Waals surface area contributed by atoms with Crippen molar-refractivity contribution in [1.29, 1.82) is 0 Å². The molecule has 2 rings (SSSR count). The third kappa shape index (κ3) is 3.55. The number of benzene rings is 2. The maximum Gasteiger partial charge on any atom is 0.161 e. The molecular formula is C19H26N2O2. The SMILES string of the molecule is CN[C@H](C)[C@H](O)c1ccccc1N(C)[C@](C)(O)c1ccccc1. The third-order valence-electron chi connectivity index (χ3n) is 4.52. The van der Waals surface area contributed by atoms with Crippen LogP contribution in [0.3, 0.4) is 0 Å². The first-order chi connectivity index (χ1) is 10.9. The van der Waals surface area contributed by atoms with E-state index in [9.17, 15) is 10.2 Å². The van der Waals surface area contributed by atoms with Crippen LogP contribution >= 0.6 is 0 Å². The molecule has 0 saturated carbocycles. The lowest BCUT2D eigenvalue weighted by molar-refractivity contribution is 0.0573. The molecule has 124 valence electrons. The molecule has 3 atom stereocenters. The lowest BCUT2D eigenvalue weighted by Crippen LogP contribution is -2.42. The summed E-state index contributed by atoms with van der Waals surface area (Å²) < 4.78 is 0. The Morgan fingerprint density at radius 1 is 1.04 bits per heavy atom. The number of para-hydroxylation sites is 1. The number of hydrogen-bond acceptors (Lipinski definition) is 4. The quantitative estimate of drug-likeness (QED) is 0.718. The monoisotopic (exact) mass is 314 g/mol. The molecule has 4 nitrogen and oxygen atoms in total. The highest BCUT2D eigenvalue weighted by Crippen LogP contribution is 2.34. The van der Waals surface area contributed by atoms with Crippen LogP contribution in [0, 0.1) is 0 Å². The number of nitrogens with one attached hydrogen (secondary N) is 1. The summed E-state index contributed by atoms with van der Waals surface area (Å²) in [6.45, 7) is 3.68. The van der Waals surface area contributed by atoms with Crippen molar-refractivity contribution in [1.82, 2.24) is 5.32 Å². The van der Waals surface area contributed by atoms with Crippen molar-refractivity contribution in [2.24, 2.45) is 0 Å². The summed E-state index contributed by atoms with van der Waals surface area (Å²) in [6.07, 6.45) is -0.662. The second kappa shape index (κ2) is 7.13. The molecule has 0 radical (unpaired) electrons. The maximum atomic E-state index is 11.0. The highest BCUT2D eigenvalue weighted by molar-refractivity contribution is 5.56. The molecule has 0 unspecified atom stereocenters. The average molecular weight is 314 g/mol. The number of aliphatic hydroxyl groups excluding tert-OH is 1. The van der Waals surface area contributed by atoms with E-state index < -0.39 is 11.8 Å². The van der Waals surface area contributed by atoms with E-state index >= 15 is 0 Å². The molecule has 0 amide bonds. The van der Waals surface area contributed by atoms with Crippen LogP contribution in [-0.4, -0.2) is 30.4 Å². The maximum absolute atomic E-state index is 11.0. The van der Waals surface area contributed by atoms with Gasteiger partial charge in [0.15, 0.2) is 5.72 Å². The minimum atomic E-state index is -1.18. The van der Waals surface area contributed by atoms with Crippen molar-refractivity contribution >= 4 is 5.69 Å². The second-order valence-electron chi connectivity index (χ2n) is 6.03. The Hall–Kier alpha value is -1.88. The van der Waals surface area contributed by atoms with Gasteiger partial charge in [0, 0.05) is 29.9 Å². The molecule has 3 N–H and O–H groups in total. The molecule has 23 heavy (non-hydrogen) atoms. The van der Waals surface area contributed by atoms with Crippen molar-refractivity contribution in [3.63, 3.8) is 0 Å². The van der Waals surface area contributed by atoms with Crippen molar-refractivity contribution in [2.45, 2.75) is 31.7 Å². The lowest BCUT2D eigenvalue weighted by Gasteiger charge is -2.38. The van der Waals surface area contributed by atoms with Crippen LogP contribution in [0.25, 0.3) is 0 Å². The van der Waals surface area contributed by atoms with E-state index in [0.29, 0.717) is 0 Å². The smallest absolute Gasteiger partial charge is 0.161 e. The highest BCUT2D eigenvalue weighted by Gasteiger charge is 2.31. The van der Waals surface area contributed by atoms with E-state index in [0.717, 1.165) is 16.8 Å². The zero-order chi connectivity index (χ0) is 17.0. The van der Waals surface area contributed by atoms with Crippen LogP contribution < -0.4 is 10.2 Å². The summed E-state index contributed by atoms with van der Waals surface area (Å²) in [4.78, 5) is 1.79. The van der Waals surface area contributed by atoms with Gasteiger partial charge in [-0.2, -0.15) is 0 Å². The van der Waals surface area contributed by atoms with Gasteiger partial charge in [-0.15, -0.1) is 0 Å². The summed E-state index contributed by atoms with van der Waals surface area (Å²) in [7, 11) is 3.66. The standard InChI is InChI=1S/C19H26N2O2/c1-14(20-3)18(22)16-12-8-9-13-17(16)21(4)19(2,23)15-10-6-5-7-11-15/h5-14,18,20,22-23H,1-4H3/t14-,18+,19-/m1/s1. The highest BCUT2D eigenvalue weighted by atomic mass is 16.3. The van der Waals surface area contributed by atoms with Gasteiger partial charge in [-0.25, -0.2) is 0 Å². The molecular weight excluding hydrogens is 288 g/mol. The van der Waals surface area contributed by atoms with Gasteiger partial charge in [-0.05, 0) is 27.0 Å². The van der Waals surface area contributed by atoms with Crippen LogP contribution in [-0.2, 0) is 5.72 Å². The number of anilines is 1. The molecule has 0 aliphatic heterocycles. The molecule has 4 heteroatoms. The summed E-state index contributed by atoms with van der Waals surface area (Å²) in [5.41, 5.74) is 1.21. The van der Waals surface area contributed by atoms with Crippen molar-refractivity contribution in [3.8, 4) is 0 Å². The number of nitrogens with zero attached hydrogens (tertiary/aromatic N) is 1. The van der Waals surface area contributed by atoms with Gasteiger partial charge in [0.1, 0.15) is 0 Å². The third-order valence-corrected chi connectivity index (χ3v) is 4.52. The van der Waals surface area contributed by atoms with Gasteiger partial charge < -0.3 is 20.4 Å². The normalized spacial score (nSPS) is 16.4. The average Bonchev–Trinajstić information content (AvgIpc) is 2.60. The molecule has 2 aromatic carbocycles. The van der Waals surface area contributed by atoms with Crippen LogP contribution in [0.2, 0.25) is 0 Å². The first-order valence-corrected chi connectivity index (χ1v) is 7.85. The first-order valence-electron chi connectivity index (χ1n) is 7.85. The van der Waals surface area contributed by atoms with E-state index in [2.05, 4.69) is 5.32 Å². The Morgan fingerprint density at radius 3 is 2.22 bits per heavy atom. The lowest BCUT2D eigenvalue weighted by atomic mass is 9.97. The van der Waals surface area contributed by atoms with Gasteiger partial charge in [-0.3, -0.25) is 0 Å². The molecule has 0 heterocycles. The molecule has 0 saturated heterocycles. The summed E-state index contributed by atoms with van der Waals surface area (Å²) in [5, 5.41) is 24.7. The Labute approximate surface area is 138 Å². The van der Waals surface area contributed by atoms with Gasteiger partial charge in [0.05, 0.1) is 6.10 Å². The summed E-state index contributed by atoms with van der Waals surface area (Å²) >= 11 is 0. The Kier molecular flexibility index (Phi) is 5.42. The van der Waals surface area contributed by atoms with Gasteiger partial charge >= 0.3 is 0 Å². The fourth-order valence-electron chi connectivity index (χ4n) is 2.65. The zero-order valence-electron chi connectivity index (χ0n) is 14.2. The number of aliphatic hydroxyl groups is 2. The van der Waals surface area contributed by atoms with E-state index in [1.807, 2.05) is 75.6 Å². The Morgan fingerprint density at radius 2 is 1.61 bits per heavy atom. The minimum absolute atomic E-state index is 0.0915. The number of hydrogen-bond donors (Lipinski definition) is 3. The number of rotatable bonds is 6. The van der Waals surface area contributed by atoms with E-state index in [1.54, 1.807) is 11.8 Å². The summed E-state index contributed by atoms with van der Waals surface area (Å²) in [6, 6.07) is 17.0. The zero-order valence-corrected chi connectivity index (χ0v) is 14.2. The molecule has 0 aliphatic rings. The molecule has 2 aromatic rings. The van der Waals surface area contributed by atoms with E-state index in [4.69, 9.17) is 0 Å². The largest absolute Gasteiger partial charge is 0.387 e. The topological polar surface area (TPSA) is 55.7 Å². The van der Waals surface area contributed by atoms with Crippen LogP contribution in [0.1, 0.15) is 31.1 Å². The Bertz CT molecular complexity index is 628. The Balaban J connectivity index is 2.42. The van der Waals surface area contributed by atoms with Crippen molar-refractivity contribution < 1.29 is 10.2 Å². The molecule has 0 fully saturated rings. The first kappa shape index (κ1) is 17.5. The molecule has 0 aromatic heterocycles. The van der Waals surface area contributed by atoms with Crippen LogP contribution in [0.4, 0.5) is 5.69 Å². The number of likely N-dealkylation sites (N-methyl/N-ethyl adjacent to an activating group) is 1. The van der Waals surface area contributed by atoms with Crippen LogP contribution in [0.15, 0.2) is 54.6 Å². The van der Waals surface area contributed by atoms with E-state index in [-0.39, 0.29) is 6.04 Å². The van der Waals surface area contributed by atoms with Gasteiger partial charge in [0.2, 0.25) is 0 Å². The molecule has 0 aliphatic carbocycles. The van der Waals surface area contributed by atoms with Gasteiger partial charge in [-0.1, -0.05) is 48.5 Å². The van der Waals surface area contributed by atoms with Crippen molar-refractivity contribution in [2.75, 3.05) is 19.0 Å². The van der Waals surface area contributed by atoms with Gasteiger partial charge in [0.25, 0.3) is 0 Å². The predicted molar refractivity (Wildman–Crippen MR) is 94.3 cm³/mol.